The van der Waals surface area contributed by atoms with Gasteiger partial charge >= 0.3 is 0 Å². The van der Waals surface area contributed by atoms with Crippen molar-refractivity contribution in [1.29, 1.82) is 0 Å². The molecule has 2 aromatic rings. The van der Waals surface area contributed by atoms with Crippen LogP contribution in [0.4, 0.5) is 5.82 Å². The second kappa shape index (κ2) is 4.80. The number of hydrogen-bond donors (Lipinski definition) is 0. The van der Waals surface area contributed by atoms with E-state index in [1.807, 2.05) is 31.3 Å². The van der Waals surface area contributed by atoms with Crippen molar-refractivity contribution in [1.82, 2.24) is 20.0 Å². The number of ether oxygens (including phenoxy) is 1. The summed E-state index contributed by atoms with van der Waals surface area (Å²) in [6.07, 6.45) is 4.26. The summed E-state index contributed by atoms with van der Waals surface area (Å²) in [4.78, 5) is 2.32. The van der Waals surface area contributed by atoms with Crippen LogP contribution in [0.5, 0.6) is 0 Å². The Hall–Kier alpha value is -1.95. The lowest BCUT2D eigenvalue weighted by atomic mass is 9.87. The molecule has 2 aliphatic heterocycles. The van der Waals surface area contributed by atoms with Crippen LogP contribution in [-0.4, -0.2) is 46.3 Å². The van der Waals surface area contributed by atoms with E-state index in [4.69, 9.17) is 4.74 Å². The van der Waals surface area contributed by atoms with E-state index in [2.05, 4.69) is 20.2 Å². The molecule has 0 N–H and O–H groups in total. The summed E-state index contributed by atoms with van der Waals surface area (Å²) in [5.41, 5.74) is 1.32. The Morgan fingerprint density at radius 3 is 2.67 bits per heavy atom. The molecule has 4 heterocycles. The lowest BCUT2D eigenvalue weighted by molar-refractivity contribution is 0.160. The van der Waals surface area contributed by atoms with Crippen molar-refractivity contribution in [3.05, 3.63) is 30.1 Å². The summed E-state index contributed by atoms with van der Waals surface area (Å²) in [7, 11) is 0. The molecule has 0 saturated carbocycles. The van der Waals surface area contributed by atoms with Gasteiger partial charge in [0.05, 0.1) is 12.3 Å². The standard InChI is InChI=1S/C15H19N5O/c1-12-4-7-20(18-12)14-3-2-13(16-17-14)19-8-5-15(10-19)6-9-21-11-15/h2-4,7H,5-6,8-11H2,1H3. The Labute approximate surface area is 123 Å². The van der Waals surface area contributed by atoms with Crippen LogP contribution in [0.3, 0.4) is 0 Å². The van der Waals surface area contributed by atoms with Crippen molar-refractivity contribution in [2.75, 3.05) is 31.2 Å². The van der Waals surface area contributed by atoms with Crippen LogP contribution in [0.1, 0.15) is 18.5 Å². The highest BCUT2D eigenvalue weighted by Gasteiger charge is 2.41. The lowest BCUT2D eigenvalue weighted by Crippen LogP contribution is -2.28. The quantitative estimate of drug-likeness (QED) is 0.838. The molecule has 0 radical (unpaired) electrons. The summed E-state index contributed by atoms with van der Waals surface area (Å²) in [5.74, 6) is 1.70. The molecule has 21 heavy (non-hydrogen) atoms. The molecular weight excluding hydrogens is 266 g/mol. The van der Waals surface area contributed by atoms with Crippen molar-refractivity contribution in [2.45, 2.75) is 19.8 Å². The molecule has 0 aromatic carbocycles. The average Bonchev–Trinajstić information content (AvgIpc) is 3.23. The number of nitrogens with zero attached hydrogens (tertiary/aromatic N) is 5. The molecule has 2 aromatic heterocycles. The van der Waals surface area contributed by atoms with E-state index in [0.29, 0.717) is 5.41 Å². The van der Waals surface area contributed by atoms with Crippen molar-refractivity contribution < 1.29 is 4.74 Å². The number of hydrogen-bond acceptors (Lipinski definition) is 5. The van der Waals surface area contributed by atoms with Gasteiger partial charge in [0.25, 0.3) is 0 Å². The van der Waals surface area contributed by atoms with E-state index in [1.54, 1.807) is 4.68 Å². The molecule has 2 fully saturated rings. The van der Waals surface area contributed by atoms with Gasteiger partial charge in [0.1, 0.15) is 0 Å². The predicted molar refractivity (Wildman–Crippen MR) is 78.6 cm³/mol. The maximum Gasteiger partial charge on any atom is 0.175 e. The van der Waals surface area contributed by atoms with Crippen LogP contribution in [0.25, 0.3) is 5.82 Å². The number of anilines is 1. The van der Waals surface area contributed by atoms with Crippen LogP contribution in [0.15, 0.2) is 24.4 Å². The molecule has 1 atom stereocenters. The van der Waals surface area contributed by atoms with E-state index in [1.165, 1.54) is 12.8 Å². The topological polar surface area (TPSA) is 56.1 Å². The molecule has 0 bridgehead atoms. The number of aryl methyl sites for hydroxylation is 1. The Morgan fingerprint density at radius 2 is 2.00 bits per heavy atom. The van der Waals surface area contributed by atoms with E-state index in [-0.39, 0.29) is 0 Å². The molecule has 1 spiro atoms. The molecule has 2 saturated heterocycles. The largest absolute Gasteiger partial charge is 0.381 e. The zero-order valence-corrected chi connectivity index (χ0v) is 12.2. The number of rotatable bonds is 2. The molecule has 4 rings (SSSR count). The molecule has 6 nitrogen and oxygen atoms in total. The van der Waals surface area contributed by atoms with Gasteiger partial charge in [-0.2, -0.15) is 5.10 Å². The van der Waals surface area contributed by atoms with Gasteiger partial charge in [-0.3, -0.25) is 0 Å². The van der Waals surface area contributed by atoms with E-state index in [0.717, 1.165) is 43.6 Å². The van der Waals surface area contributed by atoms with Crippen LogP contribution < -0.4 is 4.90 Å². The zero-order chi connectivity index (χ0) is 14.3. The number of aromatic nitrogens is 4. The highest BCUT2D eigenvalue weighted by atomic mass is 16.5. The fourth-order valence-electron chi connectivity index (χ4n) is 3.25. The third-order valence-electron chi connectivity index (χ3n) is 4.54. The summed E-state index contributed by atoms with van der Waals surface area (Å²) >= 11 is 0. The summed E-state index contributed by atoms with van der Waals surface area (Å²) in [5, 5.41) is 13.0. The fraction of sp³-hybridized carbons (Fsp3) is 0.533. The SMILES string of the molecule is Cc1ccn(-c2ccc(N3CCC4(CCOC4)C3)nn2)n1. The van der Waals surface area contributed by atoms with Gasteiger partial charge in [-0.15, -0.1) is 10.2 Å². The smallest absolute Gasteiger partial charge is 0.175 e. The first-order valence-corrected chi connectivity index (χ1v) is 7.43. The summed E-state index contributed by atoms with van der Waals surface area (Å²) < 4.78 is 7.32. The Balaban J connectivity index is 1.52. The summed E-state index contributed by atoms with van der Waals surface area (Å²) in [6.45, 7) is 5.82. The third kappa shape index (κ3) is 2.29. The Bertz CT molecular complexity index is 630. The average molecular weight is 285 g/mol. The van der Waals surface area contributed by atoms with Crippen LogP contribution >= 0.6 is 0 Å². The zero-order valence-electron chi connectivity index (χ0n) is 12.2. The fourth-order valence-corrected chi connectivity index (χ4v) is 3.25. The molecule has 110 valence electrons. The van der Waals surface area contributed by atoms with Gasteiger partial charge in [-0.1, -0.05) is 0 Å². The van der Waals surface area contributed by atoms with Crippen molar-refractivity contribution in [3.8, 4) is 5.82 Å². The van der Waals surface area contributed by atoms with Gasteiger partial charge in [-0.05, 0) is 38.0 Å². The highest BCUT2D eigenvalue weighted by Crippen LogP contribution is 2.39. The van der Waals surface area contributed by atoms with Gasteiger partial charge in [0, 0.05) is 31.3 Å². The minimum atomic E-state index is 0.347. The molecule has 6 heteroatoms. The summed E-state index contributed by atoms with van der Waals surface area (Å²) in [6, 6.07) is 5.97. The van der Waals surface area contributed by atoms with E-state index in [9.17, 15) is 0 Å². The highest BCUT2D eigenvalue weighted by molar-refractivity contribution is 5.41. The van der Waals surface area contributed by atoms with Gasteiger partial charge < -0.3 is 9.64 Å². The molecule has 0 aliphatic carbocycles. The molecular formula is C15H19N5O. The van der Waals surface area contributed by atoms with Crippen molar-refractivity contribution in [3.63, 3.8) is 0 Å². The van der Waals surface area contributed by atoms with Crippen molar-refractivity contribution in [2.24, 2.45) is 5.41 Å². The minimum Gasteiger partial charge on any atom is -0.381 e. The Kier molecular flexibility index (Phi) is 2.92. The van der Waals surface area contributed by atoms with Gasteiger partial charge in [-0.25, -0.2) is 4.68 Å². The van der Waals surface area contributed by atoms with E-state index >= 15 is 0 Å². The predicted octanol–water partition coefficient (Wildman–Crippen LogP) is 1.59. The first-order valence-electron chi connectivity index (χ1n) is 7.43. The van der Waals surface area contributed by atoms with Crippen molar-refractivity contribution >= 4 is 5.82 Å². The lowest BCUT2D eigenvalue weighted by Gasteiger charge is -2.22. The third-order valence-corrected chi connectivity index (χ3v) is 4.54. The normalized spacial score (nSPS) is 25.1. The molecule has 2 aliphatic rings. The van der Waals surface area contributed by atoms with Gasteiger partial charge in [0.2, 0.25) is 0 Å². The van der Waals surface area contributed by atoms with Gasteiger partial charge in [0.15, 0.2) is 11.6 Å². The Morgan fingerprint density at radius 1 is 1.14 bits per heavy atom. The van der Waals surface area contributed by atoms with E-state index < -0.39 is 0 Å². The minimum absolute atomic E-state index is 0.347. The second-order valence-corrected chi connectivity index (χ2v) is 6.13. The van der Waals surface area contributed by atoms with Crippen LogP contribution in [0, 0.1) is 12.3 Å². The second-order valence-electron chi connectivity index (χ2n) is 6.13. The first kappa shape index (κ1) is 12.8. The monoisotopic (exact) mass is 285 g/mol. The molecule has 0 amide bonds. The maximum atomic E-state index is 5.57. The first-order chi connectivity index (χ1) is 10.2. The van der Waals surface area contributed by atoms with Crippen LogP contribution in [-0.2, 0) is 4.74 Å². The van der Waals surface area contributed by atoms with Crippen LogP contribution in [0.2, 0.25) is 0 Å². The maximum absolute atomic E-state index is 5.57. The molecule has 1 unspecified atom stereocenters.